The van der Waals surface area contributed by atoms with Crippen LogP contribution in [0.5, 0.6) is 5.75 Å². The predicted molar refractivity (Wildman–Crippen MR) is 76.6 cm³/mol. The number of rotatable bonds is 3. The first-order chi connectivity index (χ1) is 8.61. The van der Waals surface area contributed by atoms with E-state index in [0.29, 0.717) is 0 Å². The van der Waals surface area contributed by atoms with Gasteiger partial charge in [-0.1, -0.05) is 12.1 Å². The van der Waals surface area contributed by atoms with Gasteiger partial charge in [-0.3, -0.25) is 0 Å². The normalized spacial score (nSPS) is 10.2. The zero-order valence-electron chi connectivity index (χ0n) is 11.0. The molecule has 2 aromatic carbocycles. The van der Waals surface area contributed by atoms with E-state index >= 15 is 0 Å². The molecule has 2 N–H and O–H groups in total. The minimum absolute atomic E-state index is 0.808. The quantitative estimate of drug-likeness (QED) is 0.839. The van der Waals surface area contributed by atoms with Crippen LogP contribution in [0.25, 0.3) is 0 Å². The van der Waals surface area contributed by atoms with E-state index in [4.69, 9.17) is 10.5 Å². The Hall–Kier alpha value is -2.16. The number of hydrogen-bond donors (Lipinski definition) is 1. The van der Waals surface area contributed by atoms with Gasteiger partial charge < -0.3 is 15.4 Å². The van der Waals surface area contributed by atoms with Crippen LogP contribution in [0, 0.1) is 6.92 Å². The number of methoxy groups -OCH3 is 1. The molecule has 0 unspecified atom stereocenters. The molecular formula is C15H18N2O. The van der Waals surface area contributed by atoms with E-state index in [1.807, 2.05) is 50.4 Å². The SMILES string of the molecule is COc1cccc(N(C)c2ccc(C)c(N)c2)c1. The summed E-state index contributed by atoms with van der Waals surface area (Å²) in [5, 5.41) is 0. The maximum Gasteiger partial charge on any atom is 0.120 e. The van der Waals surface area contributed by atoms with Gasteiger partial charge >= 0.3 is 0 Å². The van der Waals surface area contributed by atoms with Crippen molar-refractivity contribution in [1.29, 1.82) is 0 Å². The predicted octanol–water partition coefficient (Wildman–Crippen LogP) is 3.35. The van der Waals surface area contributed by atoms with Crippen molar-refractivity contribution in [1.82, 2.24) is 0 Å². The molecule has 0 aromatic heterocycles. The fourth-order valence-electron chi connectivity index (χ4n) is 1.80. The van der Waals surface area contributed by atoms with Crippen LogP contribution in [0.2, 0.25) is 0 Å². The number of nitrogen functional groups attached to an aromatic ring is 1. The second-order valence-electron chi connectivity index (χ2n) is 4.30. The molecule has 0 spiro atoms. The molecule has 94 valence electrons. The minimum atomic E-state index is 0.808. The third-order valence-electron chi connectivity index (χ3n) is 3.09. The third-order valence-corrected chi connectivity index (χ3v) is 3.09. The maximum absolute atomic E-state index is 5.94. The molecule has 0 radical (unpaired) electrons. The lowest BCUT2D eigenvalue weighted by atomic mass is 10.1. The van der Waals surface area contributed by atoms with E-state index < -0.39 is 0 Å². The Kier molecular flexibility index (Phi) is 3.42. The second-order valence-corrected chi connectivity index (χ2v) is 4.30. The van der Waals surface area contributed by atoms with Crippen LogP contribution in [-0.4, -0.2) is 14.2 Å². The monoisotopic (exact) mass is 242 g/mol. The Morgan fingerprint density at radius 1 is 1.06 bits per heavy atom. The summed E-state index contributed by atoms with van der Waals surface area (Å²) in [6.45, 7) is 2.00. The number of anilines is 3. The first-order valence-corrected chi connectivity index (χ1v) is 5.85. The summed E-state index contributed by atoms with van der Waals surface area (Å²) in [6.07, 6.45) is 0. The molecule has 2 rings (SSSR count). The van der Waals surface area contributed by atoms with Crippen LogP contribution in [0.1, 0.15) is 5.56 Å². The van der Waals surface area contributed by atoms with Crippen molar-refractivity contribution in [3.63, 3.8) is 0 Å². The average molecular weight is 242 g/mol. The molecule has 2 aromatic rings. The zero-order chi connectivity index (χ0) is 13.1. The molecule has 0 aliphatic rings. The molecule has 0 saturated heterocycles. The number of nitrogens with zero attached hydrogens (tertiary/aromatic N) is 1. The van der Waals surface area contributed by atoms with Crippen LogP contribution in [-0.2, 0) is 0 Å². The standard InChI is InChI=1S/C15H18N2O/c1-11-7-8-13(10-15(11)16)17(2)12-5-4-6-14(9-12)18-3/h4-10H,16H2,1-3H3. The molecule has 0 aliphatic heterocycles. The van der Waals surface area contributed by atoms with Gasteiger partial charge in [-0.15, -0.1) is 0 Å². The third kappa shape index (κ3) is 2.40. The number of ether oxygens (including phenoxy) is 1. The van der Waals surface area contributed by atoms with Gasteiger partial charge in [0.15, 0.2) is 0 Å². The highest BCUT2D eigenvalue weighted by molar-refractivity contribution is 5.68. The second kappa shape index (κ2) is 5.00. The summed E-state index contributed by atoms with van der Waals surface area (Å²) in [5.41, 5.74) is 9.97. The Morgan fingerprint density at radius 2 is 1.78 bits per heavy atom. The van der Waals surface area contributed by atoms with Crippen LogP contribution in [0.15, 0.2) is 42.5 Å². The molecule has 0 amide bonds. The summed E-state index contributed by atoms with van der Waals surface area (Å²) in [4.78, 5) is 2.08. The highest BCUT2D eigenvalue weighted by Crippen LogP contribution is 2.28. The van der Waals surface area contributed by atoms with E-state index in [1.54, 1.807) is 7.11 Å². The lowest BCUT2D eigenvalue weighted by Gasteiger charge is -2.20. The molecule has 3 heteroatoms. The Morgan fingerprint density at radius 3 is 2.44 bits per heavy atom. The van der Waals surface area contributed by atoms with Gasteiger partial charge in [-0.05, 0) is 36.8 Å². The lowest BCUT2D eigenvalue weighted by molar-refractivity contribution is 0.415. The van der Waals surface area contributed by atoms with Crippen molar-refractivity contribution in [2.24, 2.45) is 0 Å². The number of nitrogens with two attached hydrogens (primary N) is 1. The van der Waals surface area contributed by atoms with Gasteiger partial charge in [-0.2, -0.15) is 0 Å². The van der Waals surface area contributed by atoms with E-state index in [0.717, 1.165) is 28.4 Å². The molecule has 0 bridgehead atoms. The topological polar surface area (TPSA) is 38.5 Å². The molecule has 0 saturated carbocycles. The summed E-state index contributed by atoms with van der Waals surface area (Å²) in [6, 6.07) is 14.0. The molecular weight excluding hydrogens is 224 g/mol. The molecule has 0 aliphatic carbocycles. The fraction of sp³-hybridized carbons (Fsp3) is 0.200. The summed E-state index contributed by atoms with van der Waals surface area (Å²) in [7, 11) is 3.68. The minimum Gasteiger partial charge on any atom is -0.497 e. The zero-order valence-corrected chi connectivity index (χ0v) is 11.0. The Labute approximate surface area is 108 Å². The summed E-state index contributed by atoms with van der Waals surface area (Å²) >= 11 is 0. The van der Waals surface area contributed by atoms with Crippen LogP contribution < -0.4 is 15.4 Å². The molecule has 0 heterocycles. The van der Waals surface area contributed by atoms with Crippen molar-refractivity contribution in [3.8, 4) is 5.75 Å². The fourth-order valence-corrected chi connectivity index (χ4v) is 1.80. The molecule has 0 fully saturated rings. The van der Waals surface area contributed by atoms with Crippen LogP contribution in [0.3, 0.4) is 0 Å². The van der Waals surface area contributed by atoms with E-state index in [9.17, 15) is 0 Å². The average Bonchev–Trinajstić information content (AvgIpc) is 2.41. The van der Waals surface area contributed by atoms with Crippen molar-refractivity contribution in [3.05, 3.63) is 48.0 Å². The largest absolute Gasteiger partial charge is 0.497 e. The van der Waals surface area contributed by atoms with Crippen molar-refractivity contribution < 1.29 is 4.74 Å². The molecule has 18 heavy (non-hydrogen) atoms. The smallest absolute Gasteiger partial charge is 0.120 e. The lowest BCUT2D eigenvalue weighted by Crippen LogP contribution is -2.10. The highest BCUT2D eigenvalue weighted by atomic mass is 16.5. The number of hydrogen-bond acceptors (Lipinski definition) is 3. The molecule has 0 atom stereocenters. The van der Waals surface area contributed by atoms with Gasteiger partial charge in [0.1, 0.15) is 5.75 Å². The van der Waals surface area contributed by atoms with E-state index in [1.165, 1.54) is 0 Å². The van der Waals surface area contributed by atoms with E-state index in [2.05, 4.69) is 11.0 Å². The van der Waals surface area contributed by atoms with Gasteiger partial charge in [0.2, 0.25) is 0 Å². The first kappa shape index (κ1) is 12.3. The number of benzene rings is 2. The van der Waals surface area contributed by atoms with Crippen molar-refractivity contribution in [2.45, 2.75) is 6.92 Å². The highest BCUT2D eigenvalue weighted by Gasteiger charge is 2.06. The maximum atomic E-state index is 5.94. The van der Waals surface area contributed by atoms with Crippen LogP contribution >= 0.6 is 0 Å². The molecule has 3 nitrogen and oxygen atoms in total. The Balaban J connectivity index is 2.34. The summed E-state index contributed by atoms with van der Waals surface area (Å²) < 4.78 is 5.23. The van der Waals surface area contributed by atoms with E-state index in [-0.39, 0.29) is 0 Å². The van der Waals surface area contributed by atoms with Crippen LogP contribution in [0.4, 0.5) is 17.1 Å². The van der Waals surface area contributed by atoms with Gasteiger partial charge in [0.05, 0.1) is 7.11 Å². The number of aryl methyl sites for hydroxylation is 1. The Bertz CT molecular complexity index is 552. The van der Waals surface area contributed by atoms with Crippen molar-refractivity contribution in [2.75, 3.05) is 24.8 Å². The van der Waals surface area contributed by atoms with Gasteiger partial charge in [-0.25, -0.2) is 0 Å². The first-order valence-electron chi connectivity index (χ1n) is 5.85. The van der Waals surface area contributed by atoms with Gasteiger partial charge in [0.25, 0.3) is 0 Å². The van der Waals surface area contributed by atoms with Gasteiger partial charge in [0, 0.05) is 30.2 Å². The summed E-state index contributed by atoms with van der Waals surface area (Å²) in [5.74, 6) is 0.847. The van der Waals surface area contributed by atoms with Crippen molar-refractivity contribution >= 4 is 17.1 Å².